The van der Waals surface area contributed by atoms with Gasteiger partial charge in [0.15, 0.2) is 0 Å². The minimum atomic E-state index is -1.12. The van der Waals surface area contributed by atoms with Gasteiger partial charge in [0.25, 0.3) is 0 Å². The number of carbonyl (C=O) groups is 2. The highest BCUT2D eigenvalue weighted by Gasteiger charge is 2.17. The first-order chi connectivity index (χ1) is 6.65. The zero-order chi connectivity index (χ0) is 10.6. The normalized spacial score (nSPS) is 14.9. The molecule has 0 aliphatic carbocycles. The molecule has 1 N–H and O–H groups in total. The highest BCUT2D eigenvalue weighted by atomic mass is 16.6. The maximum absolute atomic E-state index is 11.2. The van der Waals surface area contributed by atoms with Gasteiger partial charge in [-0.05, 0) is 6.92 Å². The Kier molecular flexibility index (Phi) is 3.22. The predicted octanol–water partition coefficient (Wildman–Crippen LogP) is 0.455. The van der Waals surface area contributed by atoms with Crippen LogP contribution in [0, 0.1) is 0 Å². The summed E-state index contributed by atoms with van der Waals surface area (Å²) in [5.74, 6) is -1.12. The summed E-state index contributed by atoms with van der Waals surface area (Å²) in [6, 6.07) is 0. The molecule has 0 radical (unpaired) electrons. The van der Waals surface area contributed by atoms with Gasteiger partial charge in [0.2, 0.25) is 0 Å². The van der Waals surface area contributed by atoms with Gasteiger partial charge in [0.1, 0.15) is 6.67 Å². The van der Waals surface area contributed by atoms with E-state index in [1.807, 2.05) is 0 Å². The molecule has 1 aliphatic heterocycles. The smallest absolute Gasteiger partial charge is 0.415 e. The Morgan fingerprint density at radius 2 is 2.43 bits per heavy atom. The van der Waals surface area contributed by atoms with E-state index in [0.29, 0.717) is 0 Å². The van der Waals surface area contributed by atoms with E-state index in [1.54, 1.807) is 6.92 Å². The van der Waals surface area contributed by atoms with Gasteiger partial charge in [-0.2, -0.15) is 0 Å². The van der Waals surface area contributed by atoms with Crippen LogP contribution in [0.3, 0.4) is 0 Å². The third kappa shape index (κ3) is 2.32. The van der Waals surface area contributed by atoms with Crippen LogP contribution in [-0.4, -0.2) is 41.6 Å². The second-order valence-corrected chi connectivity index (χ2v) is 2.51. The molecule has 0 aromatic rings. The van der Waals surface area contributed by atoms with Crippen LogP contribution in [-0.2, 0) is 9.53 Å². The number of aliphatic imine (C=N–C) groups is 1. The molecule has 0 aromatic carbocycles. The molecule has 6 heteroatoms. The second-order valence-electron chi connectivity index (χ2n) is 2.51. The Bertz CT molecular complexity index is 308. The molecule has 0 fully saturated rings. The van der Waals surface area contributed by atoms with Gasteiger partial charge in [0, 0.05) is 12.4 Å². The number of carboxylic acids is 1. The Hall–Kier alpha value is -1.85. The summed E-state index contributed by atoms with van der Waals surface area (Å²) in [6.45, 7) is 2.01. The van der Waals surface area contributed by atoms with Crippen molar-refractivity contribution in [1.82, 2.24) is 4.90 Å². The average Bonchev–Trinajstić information content (AvgIpc) is 2.18. The molecule has 1 amide bonds. The fourth-order valence-corrected chi connectivity index (χ4v) is 0.896. The molecular formula is C8H10N2O4. The lowest BCUT2D eigenvalue weighted by molar-refractivity contribution is -0.132. The first kappa shape index (κ1) is 10.2. The van der Waals surface area contributed by atoms with Crippen molar-refractivity contribution in [1.29, 1.82) is 0 Å². The molecular weight excluding hydrogens is 188 g/mol. The first-order valence-electron chi connectivity index (χ1n) is 4.03. The van der Waals surface area contributed by atoms with E-state index in [9.17, 15) is 9.59 Å². The molecule has 1 aliphatic rings. The summed E-state index contributed by atoms with van der Waals surface area (Å²) >= 11 is 0. The quantitative estimate of drug-likeness (QED) is 0.698. The number of carboxylic acid groups (broad SMARTS) is 1. The zero-order valence-corrected chi connectivity index (χ0v) is 7.64. The number of aliphatic carboxylic acids is 1. The lowest BCUT2D eigenvalue weighted by Gasteiger charge is -2.18. The summed E-state index contributed by atoms with van der Waals surface area (Å²) in [6.07, 6.45) is 1.81. The van der Waals surface area contributed by atoms with Crippen LogP contribution in [0.15, 0.2) is 16.8 Å². The van der Waals surface area contributed by atoms with Crippen LogP contribution in [0.25, 0.3) is 0 Å². The lowest BCUT2D eigenvalue weighted by atomic mass is 10.3. The Balaban J connectivity index is 2.70. The molecule has 76 valence electrons. The maximum Gasteiger partial charge on any atom is 0.415 e. The SMILES string of the molecule is CCOC(=O)N1C=C(C(=O)O)C=NC1. The van der Waals surface area contributed by atoms with E-state index in [2.05, 4.69) is 9.73 Å². The number of ether oxygens (including phenoxy) is 1. The monoisotopic (exact) mass is 198 g/mol. The largest absolute Gasteiger partial charge is 0.478 e. The van der Waals surface area contributed by atoms with Gasteiger partial charge in [-0.15, -0.1) is 0 Å². The Morgan fingerprint density at radius 3 is 3.00 bits per heavy atom. The molecule has 0 bridgehead atoms. The van der Waals surface area contributed by atoms with Crippen LogP contribution in [0.4, 0.5) is 4.79 Å². The number of carbonyl (C=O) groups excluding carboxylic acids is 1. The van der Waals surface area contributed by atoms with Crippen molar-refractivity contribution in [2.45, 2.75) is 6.92 Å². The van der Waals surface area contributed by atoms with Crippen molar-refractivity contribution in [3.63, 3.8) is 0 Å². The minimum Gasteiger partial charge on any atom is -0.478 e. The number of nitrogens with zero attached hydrogens (tertiary/aromatic N) is 2. The summed E-state index contributed by atoms with van der Waals surface area (Å²) in [5, 5.41) is 8.63. The van der Waals surface area contributed by atoms with Crippen molar-refractivity contribution < 1.29 is 19.4 Å². The number of amides is 1. The summed E-state index contributed by atoms with van der Waals surface area (Å²) < 4.78 is 4.69. The Morgan fingerprint density at radius 1 is 1.71 bits per heavy atom. The van der Waals surface area contributed by atoms with Crippen molar-refractivity contribution >= 4 is 18.3 Å². The molecule has 0 spiro atoms. The molecule has 0 aromatic heterocycles. The van der Waals surface area contributed by atoms with Crippen molar-refractivity contribution in [2.24, 2.45) is 4.99 Å². The molecule has 0 atom stereocenters. The number of hydrogen-bond donors (Lipinski definition) is 1. The van der Waals surface area contributed by atoms with Gasteiger partial charge >= 0.3 is 12.1 Å². The molecule has 1 heterocycles. The average molecular weight is 198 g/mol. The van der Waals surface area contributed by atoms with Crippen LogP contribution < -0.4 is 0 Å². The molecule has 0 saturated carbocycles. The van der Waals surface area contributed by atoms with Crippen LogP contribution in [0.1, 0.15) is 6.92 Å². The van der Waals surface area contributed by atoms with E-state index in [4.69, 9.17) is 5.11 Å². The second kappa shape index (κ2) is 4.40. The van der Waals surface area contributed by atoms with Gasteiger partial charge < -0.3 is 9.84 Å². The van der Waals surface area contributed by atoms with Crippen LogP contribution >= 0.6 is 0 Å². The number of hydrogen-bond acceptors (Lipinski definition) is 4. The maximum atomic E-state index is 11.2. The highest BCUT2D eigenvalue weighted by Crippen LogP contribution is 2.05. The summed E-state index contributed by atoms with van der Waals surface area (Å²) in [5.41, 5.74) is -0.0377. The van der Waals surface area contributed by atoms with E-state index < -0.39 is 12.1 Å². The van der Waals surface area contributed by atoms with Crippen molar-refractivity contribution in [2.75, 3.05) is 13.3 Å². The highest BCUT2D eigenvalue weighted by molar-refractivity contribution is 6.09. The van der Waals surface area contributed by atoms with Gasteiger partial charge in [-0.3, -0.25) is 9.89 Å². The zero-order valence-electron chi connectivity index (χ0n) is 7.64. The standard InChI is InChI=1S/C8H10N2O4/c1-2-14-8(13)10-4-6(7(11)12)3-9-5-10/h3-4H,2,5H2,1H3,(H,11,12). The van der Waals surface area contributed by atoms with Crippen molar-refractivity contribution in [3.8, 4) is 0 Å². The third-order valence-corrected chi connectivity index (χ3v) is 1.51. The van der Waals surface area contributed by atoms with Gasteiger partial charge in [0.05, 0.1) is 12.2 Å². The third-order valence-electron chi connectivity index (χ3n) is 1.51. The van der Waals surface area contributed by atoms with Crippen molar-refractivity contribution in [3.05, 3.63) is 11.8 Å². The van der Waals surface area contributed by atoms with E-state index in [1.165, 1.54) is 12.4 Å². The van der Waals surface area contributed by atoms with Crippen LogP contribution in [0.5, 0.6) is 0 Å². The van der Waals surface area contributed by atoms with Gasteiger partial charge in [-0.25, -0.2) is 9.59 Å². The fourth-order valence-electron chi connectivity index (χ4n) is 0.896. The minimum absolute atomic E-state index is 0.0377. The van der Waals surface area contributed by atoms with E-state index in [0.717, 1.165) is 4.90 Å². The Labute approximate surface area is 80.5 Å². The van der Waals surface area contributed by atoms with Crippen LogP contribution in [0.2, 0.25) is 0 Å². The molecule has 6 nitrogen and oxygen atoms in total. The molecule has 0 unspecified atom stereocenters. The summed E-state index contributed by atoms with van der Waals surface area (Å²) in [7, 11) is 0. The fraction of sp³-hybridized carbons (Fsp3) is 0.375. The topological polar surface area (TPSA) is 79.2 Å². The predicted molar refractivity (Wildman–Crippen MR) is 47.9 cm³/mol. The molecule has 1 rings (SSSR count). The lowest BCUT2D eigenvalue weighted by Crippen LogP contribution is -2.30. The first-order valence-corrected chi connectivity index (χ1v) is 4.03. The molecule has 0 saturated heterocycles. The molecule has 14 heavy (non-hydrogen) atoms. The van der Waals surface area contributed by atoms with Gasteiger partial charge in [-0.1, -0.05) is 0 Å². The van der Waals surface area contributed by atoms with E-state index >= 15 is 0 Å². The number of rotatable bonds is 2. The van der Waals surface area contributed by atoms with E-state index in [-0.39, 0.29) is 18.8 Å². The summed E-state index contributed by atoms with van der Waals surface area (Å²) in [4.78, 5) is 26.5.